The zero-order valence-electron chi connectivity index (χ0n) is 10.5. The van der Waals surface area contributed by atoms with Gasteiger partial charge in [-0.3, -0.25) is 9.78 Å². The van der Waals surface area contributed by atoms with E-state index in [9.17, 15) is 4.79 Å². The minimum atomic E-state index is -0.233. The third kappa shape index (κ3) is 2.14. The molecule has 2 aromatic heterocycles. The van der Waals surface area contributed by atoms with E-state index in [2.05, 4.69) is 19.7 Å². The number of aryl methyl sites for hydroxylation is 1. The maximum Gasteiger partial charge on any atom is 0.305 e. The highest BCUT2D eigenvalue weighted by Crippen LogP contribution is 2.21. The van der Waals surface area contributed by atoms with Crippen LogP contribution < -0.4 is 0 Å². The van der Waals surface area contributed by atoms with Crippen LogP contribution in [-0.4, -0.2) is 28.0 Å². The molecule has 5 nitrogen and oxygen atoms in total. The van der Waals surface area contributed by atoms with Crippen molar-refractivity contribution in [3.05, 3.63) is 36.3 Å². The highest BCUT2D eigenvalue weighted by atomic mass is 16.5. The number of imidazole rings is 1. The van der Waals surface area contributed by atoms with Gasteiger partial charge in [-0.15, -0.1) is 0 Å². The lowest BCUT2D eigenvalue weighted by Gasteiger charge is -1.96. The molecule has 19 heavy (non-hydrogen) atoms. The fraction of sp³-hybridized carbons (Fsp3) is 0.214. The fourth-order valence-electron chi connectivity index (χ4n) is 2.11. The number of carbonyl (C=O) groups excluding carboxylic acids is 1. The molecule has 5 heteroatoms. The molecule has 3 aromatic rings. The molecule has 0 unspecified atom stereocenters. The summed E-state index contributed by atoms with van der Waals surface area (Å²) in [5, 5.41) is 1.04. The van der Waals surface area contributed by atoms with E-state index in [0.717, 1.165) is 27.8 Å². The number of hydrogen-bond donors (Lipinski definition) is 1. The van der Waals surface area contributed by atoms with Crippen molar-refractivity contribution in [1.82, 2.24) is 15.0 Å². The number of carbonyl (C=O) groups is 1. The quantitative estimate of drug-likeness (QED) is 0.729. The van der Waals surface area contributed by atoms with Crippen molar-refractivity contribution in [2.24, 2.45) is 0 Å². The van der Waals surface area contributed by atoms with Crippen LogP contribution in [0.3, 0.4) is 0 Å². The predicted octanol–water partition coefficient (Wildman–Crippen LogP) is 2.22. The van der Waals surface area contributed by atoms with E-state index >= 15 is 0 Å². The zero-order valence-corrected chi connectivity index (χ0v) is 10.5. The summed E-state index contributed by atoms with van der Waals surface area (Å²) in [6.07, 6.45) is 2.60. The first kappa shape index (κ1) is 11.6. The second-order valence-corrected chi connectivity index (χ2v) is 4.30. The van der Waals surface area contributed by atoms with Gasteiger partial charge < -0.3 is 9.72 Å². The van der Waals surface area contributed by atoms with Gasteiger partial charge in [0.05, 0.1) is 30.8 Å². The van der Waals surface area contributed by atoms with E-state index in [0.29, 0.717) is 12.8 Å². The fourth-order valence-corrected chi connectivity index (χ4v) is 2.11. The molecule has 1 N–H and O–H groups in total. The molecule has 0 bridgehead atoms. The number of para-hydroxylation sites is 1. The third-order valence-corrected chi connectivity index (χ3v) is 3.07. The molecule has 0 fully saturated rings. The van der Waals surface area contributed by atoms with E-state index in [1.807, 2.05) is 24.3 Å². The summed E-state index contributed by atoms with van der Waals surface area (Å²) >= 11 is 0. The molecular formula is C14H13N3O2. The van der Waals surface area contributed by atoms with Crippen LogP contribution in [0.1, 0.15) is 12.2 Å². The normalized spacial score (nSPS) is 11.0. The van der Waals surface area contributed by atoms with Gasteiger partial charge in [0.15, 0.2) is 0 Å². The number of methoxy groups -OCH3 is 1. The smallest absolute Gasteiger partial charge is 0.305 e. The molecule has 0 aliphatic carbocycles. The van der Waals surface area contributed by atoms with Crippen LogP contribution in [0.15, 0.2) is 30.5 Å². The Bertz CT molecular complexity index is 749. The summed E-state index contributed by atoms with van der Waals surface area (Å²) < 4.78 is 4.62. The Morgan fingerprint density at radius 2 is 2.16 bits per heavy atom. The summed E-state index contributed by atoms with van der Waals surface area (Å²) in [7, 11) is 1.39. The van der Waals surface area contributed by atoms with E-state index in [1.165, 1.54) is 7.11 Å². The monoisotopic (exact) mass is 255 g/mol. The molecule has 0 atom stereocenters. The lowest BCUT2D eigenvalue weighted by atomic mass is 10.2. The van der Waals surface area contributed by atoms with Crippen molar-refractivity contribution in [3.63, 3.8) is 0 Å². The van der Waals surface area contributed by atoms with Crippen molar-refractivity contribution in [3.8, 4) is 0 Å². The summed E-state index contributed by atoms with van der Waals surface area (Å²) in [5.41, 5.74) is 2.71. The minimum Gasteiger partial charge on any atom is -0.469 e. The Balaban J connectivity index is 2.00. The average molecular weight is 255 g/mol. The Morgan fingerprint density at radius 3 is 3.00 bits per heavy atom. The van der Waals surface area contributed by atoms with Gasteiger partial charge in [0.25, 0.3) is 0 Å². The molecule has 3 rings (SSSR count). The molecule has 96 valence electrons. The Kier molecular flexibility index (Phi) is 2.87. The molecule has 0 aliphatic heterocycles. The first-order chi connectivity index (χ1) is 9.28. The number of aromatic nitrogens is 3. The number of hydrogen-bond acceptors (Lipinski definition) is 4. The number of nitrogens with zero attached hydrogens (tertiary/aromatic N) is 2. The topological polar surface area (TPSA) is 67.9 Å². The van der Waals surface area contributed by atoms with E-state index in [1.54, 1.807) is 6.20 Å². The first-order valence-electron chi connectivity index (χ1n) is 6.07. The SMILES string of the molecule is COC(=O)CCc1nc2cnc3ccccc3c2[nH]1. The Labute approximate surface area is 109 Å². The third-order valence-electron chi connectivity index (χ3n) is 3.07. The van der Waals surface area contributed by atoms with Crippen molar-refractivity contribution in [2.45, 2.75) is 12.8 Å². The van der Waals surface area contributed by atoms with Gasteiger partial charge >= 0.3 is 5.97 Å². The van der Waals surface area contributed by atoms with Crippen molar-refractivity contribution in [2.75, 3.05) is 7.11 Å². The Morgan fingerprint density at radius 1 is 1.32 bits per heavy atom. The van der Waals surface area contributed by atoms with Gasteiger partial charge in [0.2, 0.25) is 0 Å². The summed E-state index contributed by atoms with van der Waals surface area (Å²) in [4.78, 5) is 23.2. The van der Waals surface area contributed by atoms with Crippen LogP contribution >= 0.6 is 0 Å². The van der Waals surface area contributed by atoms with E-state index < -0.39 is 0 Å². The number of esters is 1. The molecule has 0 amide bonds. The number of ether oxygens (including phenoxy) is 1. The van der Waals surface area contributed by atoms with Gasteiger partial charge in [-0.25, -0.2) is 4.98 Å². The zero-order chi connectivity index (χ0) is 13.2. The number of aromatic amines is 1. The number of fused-ring (bicyclic) bond motifs is 3. The lowest BCUT2D eigenvalue weighted by Crippen LogP contribution is -2.02. The van der Waals surface area contributed by atoms with Crippen molar-refractivity contribution in [1.29, 1.82) is 0 Å². The number of pyridine rings is 1. The van der Waals surface area contributed by atoms with Crippen LogP contribution in [0.4, 0.5) is 0 Å². The summed E-state index contributed by atoms with van der Waals surface area (Å²) in [5.74, 6) is 0.544. The maximum atomic E-state index is 11.1. The molecule has 0 aliphatic rings. The summed E-state index contributed by atoms with van der Waals surface area (Å²) in [6.45, 7) is 0. The van der Waals surface area contributed by atoms with E-state index in [-0.39, 0.29) is 5.97 Å². The van der Waals surface area contributed by atoms with Crippen LogP contribution in [0.25, 0.3) is 21.9 Å². The molecule has 0 spiro atoms. The number of rotatable bonds is 3. The van der Waals surface area contributed by atoms with E-state index in [4.69, 9.17) is 0 Å². The van der Waals surface area contributed by atoms with Gasteiger partial charge in [-0.2, -0.15) is 0 Å². The lowest BCUT2D eigenvalue weighted by molar-refractivity contribution is -0.140. The molecular weight excluding hydrogens is 242 g/mol. The molecule has 0 saturated carbocycles. The Hall–Kier alpha value is -2.43. The number of nitrogens with one attached hydrogen (secondary N) is 1. The summed E-state index contributed by atoms with van der Waals surface area (Å²) in [6, 6.07) is 7.89. The van der Waals surface area contributed by atoms with Crippen molar-refractivity contribution < 1.29 is 9.53 Å². The number of benzene rings is 1. The van der Waals surface area contributed by atoms with Crippen LogP contribution in [0.5, 0.6) is 0 Å². The van der Waals surface area contributed by atoms with Crippen LogP contribution in [0, 0.1) is 0 Å². The van der Waals surface area contributed by atoms with Gasteiger partial charge in [-0.1, -0.05) is 18.2 Å². The molecule has 0 radical (unpaired) electrons. The predicted molar refractivity (Wildman–Crippen MR) is 71.7 cm³/mol. The second kappa shape index (κ2) is 4.68. The largest absolute Gasteiger partial charge is 0.469 e. The highest BCUT2D eigenvalue weighted by molar-refractivity contribution is 6.01. The molecule has 0 saturated heterocycles. The number of H-pyrrole nitrogens is 1. The van der Waals surface area contributed by atoms with Crippen LogP contribution in [0.2, 0.25) is 0 Å². The first-order valence-corrected chi connectivity index (χ1v) is 6.07. The van der Waals surface area contributed by atoms with Crippen LogP contribution in [-0.2, 0) is 16.0 Å². The molecule has 2 heterocycles. The average Bonchev–Trinajstić information content (AvgIpc) is 2.88. The van der Waals surface area contributed by atoms with Gasteiger partial charge in [-0.05, 0) is 6.07 Å². The van der Waals surface area contributed by atoms with Crippen molar-refractivity contribution >= 4 is 27.9 Å². The second-order valence-electron chi connectivity index (χ2n) is 4.30. The molecule has 1 aromatic carbocycles. The standard InChI is InChI=1S/C14H13N3O2/c1-19-13(18)7-6-12-16-11-8-15-10-5-3-2-4-9(10)14(11)17-12/h2-5,8H,6-7H2,1H3,(H,16,17). The van der Waals surface area contributed by atoms with Gasteiger partial charge in [0.1, 0.15) is 11.3 Å². The highest BCUT2D eigenvalue weighted by Gasteiger charge is 2.09. The van der Waals surface area contributed by atoms with Gasteiger partial charge in [0, 0.05) is 11.8 Å². The maximum absolute atomic E-state index is 11.1. The minimum absolute atomic E-state index is 0.233.